The lowest BCUT2D eigenvalue weighted by atomic mass is 9.87. The second-order valence-electron chi connectivity index (χ2n) is 33.2. The molecule has 15 heteroatoms. The number of anilines is 2. The highest BCUT2D eigenvalue weighted by molar-refractivity contribution is 5.94. The smallest absolute Gasteiger partial charge is 0.407 e. The van der Waals surface area contributed by atoms with Crippen molar-refractivity contribution in [1.29, 1.82) is 0 Å². The van der Waals surface area contributed by atoms with Gasteiger partial charge in [-0.1, -0.05) is 197 Å². The minimum Gasteiger partial charge on any atom is -0.453 e. The summed E-state index contributed by atoms with van der Waals surface area (Å²) in [5.74, 6) is 0.522. The molecule has 6 saturated heterocycles. The van der Waals surface area contributed by atoms with Crippen molar-refractivity contribution >= 4 is 52.4 Å². The van der Waals surface area contributed by atoms with Crippen LogP contribution in [0.5, 0.6) is 0 Å². The molecule has 3 amide bonds. The quantitative estimate of drug-likeness (QED) is 0.0554. The molecule has 0 saturated carbocycles. The van der Waals surface area contributed by atoms with Crippen LogP contribution in [0.15, 0.2) is 146 Å². The summed E-state index contributed by atoms with van der Waals surface area (Å²) in [6.07, 6.45) is 11.9. The first-order valence-electron chi connectivity index (χ1n) is 38.9. The maximum absolute atomic E-state index is 13.8. The van der Waals surface area contributed by atoms with Crippen LogP contribution in [0.1, 0.15) is 233 Å². The number of hydrogen-bond donors (Lipinski definition) is 3. The van der Waals surface area contributed by atoms with E-state index in [1.807, 2.05) is 37.8 Å². The summed E-state index contributed by atoms with van der Waals surface area (Å²) < 4.78 is 4.76. The van der Waals surface area contributed by atoms with E-state index in [0.29, 0.717) is 50.3 Å². The second-order valence-corrected chi connectivity index (χ2v) is 33.2. The van der Waals surface area contributed by atoms with Crippen LogP contribution in [0.4, 0.5) is 16.2 Å². The Hall–Kier alpha value is -8.27. The zero-order valence-electron chi connectivity index (χ0n) is 64.0. The SMILES string of the molecule is CC(C)(C)c1ccc(N2C(c3ccc(CC(=O)[C@@H]4CCCN4)cc3)CCC2c2ccc(CC(=O)[C@@H]3CCCN3)cc2)cc1.COC(=O)N[C@H](C(=O)N1CCC[C@H]1C(=O)Cc1ccc(C2CCC(c3ccc(CC(=O)[C@@H]4CCCN4C(=O)[C@@H](C)C(C)C)cc3)N2c2ccc(C(C)(C)C)cc2)cc1)C(C)C. The number of methoxy groups -OCH3 is 1. The first-order valence-corrected chi connectivity index (χ1v) is 38.9. The highest BCUT2D eigenvalue weighted by Gasteiger charge is 2.42. The minimum atomic E-state index is -0.769. The van der Waals surface area contributed by atoms with Crippen LogP contribution in [-0.4, -0.2) is 114 Å². The first kappa shape index (κ1) is 76.8. The molecule has 554 valence electrons. The van der Waals surface area contributed by atoms with Crippen molar-refractivity contribution in [1.82, 2.24) is 25.8 Å². The number of amides is 3. The zero-order chi connectivity index (χ0) is 74.1. The molecule has 6 aliphatic heterocycles. The zero-order valence-corrected chi connectivity index (χ0v) is 64.0. The summed E-state index contributed by atoms with van der Waals surface area (Å²) in [5, 5.41) is 9.34. The van der Waals surface area contributed by atoms with Gasteiger partial charge in [0.2, 0.25) is 11.8 Å². The van der Waals surface area contributed by atoms with Crippen molar-refractivity contribution in [2.45, 2.75) is 244 Å². The topological polar surface area (TPSA) is 178 Å². The van der Waals surface area contributed by atoms with Crippen LogP contribution in [0.3, 0.4) is 0 Å². The van der Waals surface area contributed by atoms with Gasteiger partial charge in [0.1, 0.15) is 6.04 Å². The van der Waals surface area contributed by atoms with Crippen LogP contribution in [0.2, 0.25) is 0 Å². The molecule has 6 aromatic carbocycles. The number of carbonyl (C=O) groups is 7. The maximum atomic E-state index is 13.8. The Bertz CT molecular complexity index is 3840. The highest BCUT2D eigenvalue weighted by atomic mass is 16.5. The van der Waals surface area contributed by atoms with E-state index in [0.717, 1.165) is 112 Å². The van der Waals surface area contributed by atoms with Crippen LogP contribution in [0, 0.1) is 17.8 Å². The van der Waals surface area contributed by atoms with E-state index in [-0.39, 0.29) is 101 Å². The Morgan fingerprint density at radius 2 is 0.740 bits per heavy atom. The van der Waals surface area contributed by atoms with E-state index in [4.69, 9.17) is 4.74 Å². The molecule has 104 heavy (non-hydrogen) atoms. The number of likely N-dealkylation sites (tertiary alicyclic amines) is 2. The van der Waals surface area contributed by atoms with E-state index in [1.165, 1.54) is 46.2 Å². The largest absolute Gasteiger partial charge is 0.453 e. The van der Waals surface area contributed by atoms with E-state index in [2.05, 4.69) is 215 Å². The van der Waals surface area contributed by atoms with Crippen molar-refractivity contribution in [3.05, 3.63) is 201 Å². The second kappa shape index (κ2) is 33.9. The maximum Gasteiger partial charge on any atom is 0.407 e. The number of nitrogens with one attached hydrogen (secondary N) is 3. The van der Waals surface area contributed by atoms with Crippen LogP contribution in [-0.2, 0) is 70.0 Å². The van der Waals surface area contributed by atoms with Gasteiger partial charge in [0, 0.05) is 56.1 Å². The van der Waals surface area contributed by atoms with Crippen LogP contribution < -0.4 is 25.8 Å². The van der Waals surface area contributed by atoms with Crippen molar-refractivity contribution in [3.8, 4) is 0 Å². The predicted molar refractivity (Wildman–Crippen MR) is 415 cm³/mol. The number of Topliss-reactive ketones (excluding diaryl/α,β-unsaturated/α-hetero) is 4. The van der Waals surface area contributed by atoms with Gasteiger partial charge in [-0.3, -0.25) is 28.8 Å². The van der Waals surface area contributed by atoms with Crippen molar-refractivity contribution in [3.63, 3.8) is 0 Å². The number of carbonyl (C=O) groups excluding carboxylic acids is 7. The monoisotopic (exact) mass is 1410 g/mol. The van der Waals surface area contributed by atoms with Crippen LogP contribution >= 0.6 is 0 Å². The normalized spacial score (nSPS) is 22.6. The molecular weight excluding hydrogens is 1300 g/mol. The molecule has 15 nitrogen and oxygen atoms in total. The van der Waals surface area contributed by atoms with Crippen molar-refractivity contribution < 1.29 is 38.3 Å². The van der Waals surface area contributed by atoms with Crippen LogP contribution in [0.25, 0.3) is 0 Å². The van der Waals surface area contributed by atoms with Gasteiger partial charge in [-0.05, 0) is 193 Å². The van der Waals surface area contributed by atoms with Gasteiger partial charge >= 0.3 is 6.09 Å². The molecule has 10 atom stereocenters. The molecule has 0 spiro atoms. The summed E-state index contributed by atoms with van der Waals surface area (Å²) in [7, 11) is 1.27. The van der Waals surface area contributed by atoms with E-state index < -0.39 is 18.2 Å². The average Bonchev–Trinajstić information content (AvgIpc) is 1.60. The summed E-state index contributed by atoms with van der Waals surface area (Å²) in [5.41, 5.74) is 14.1. The van der Waals surface area contributed by atoms with E-state index in [1.54, 1.807) is 4.90 Å². The third-order valence-corrected chi connectivity index (χ3v) is 23.3. The molecule has 0 aliphatic carbocycles. The van der Waals surface area contributed by atoms with E-state index in [9.17, 15) is 33.6 Å². The number of benzene rings is 6. The molecule has 0 bridgehead atoms. The number of ether oxygens (including phenoxy) is 1. The van der Waals surface area contributed by atoms with Crippen molar-refractivity contribution in [2.24, 2.45) is 17.8 Å². The predicted octanol–water partition coefficient (Wildman–Crippen LogP) is 15.7. The summed E-state index contributed by atoms with van der Waals surface area (Å²) >= 11 is 0. The van der Waals surface area contributed by atoms with Gasteiger partial charge in [0.05, 0.1) is 55.4 Å². The Labute approximate surface area is 619 Å². The lowest BCUT2D eigenvalue weighted by Gasteiger charge is -2.34. The fourth-order valence-electron chi connectivity index (χ4n) is 16.7. The molecule has 0 aromatic heterocycles. The number of alkyl carbamates (subject to hydrolysis) is 1. The number of nitrogens with zero attached hydrogens (tertiary/aromatic N) is 4. The molecule has 6 aromatic rings. The van der Waals surface area contributed by atoms with Gasteiger partial charge in [0.25, 0.3) is 0 Å². The molecule has 4 unspecified atom stereocenters. The minimum absolute atomic E-state index is 0.000554. The average molecular weight is 1410 g/mol. The Kier molecular flexibility index (Phi) is 25.0. The molecule has 0 radical (unpaired) electrons. The van der Waals surface area contributed by atoms with Gasteiger partial charge in [-0.2, -0.15) is 0 Å². The van der Waals surface area contributed by atoms with Crippen molar-refractivity contribution in [2.75, 3.05) is 43.1 Å². The molecular formula is C89H115N7O8. The molecule has 6 heterocycles. The summed E-state index contributed by atoms with van der Waals surface area (Å²) in [6.45, 7) is 26.3. The fourth-order valence-corrected chi connectivity index (χ4v) is 16.7. The molecule has 6 aliphatic rings. The number of rotatable bonds is 23. The summed E-state index contributed by atoms with van der Waals surface area (Å²) in [4.78, 5) is 100. The number of hydrogen-bond acceptors (Lipinski definition) is 12. The molecule has 3 N–H and O–H groups in total. The standard InChI is InChI=1S/C51H68N4O6.C38H47N3O2/c1-32(2)34(5)48(58)53-28-10-12-43(53)45(56)30-35-14-18-37(19-15-35)41-26-27-42(55(41)40-24-22-39(23-25-40)51(6,7)8)38-20-16-36(17-21-38)31-46(57)44-13-11-29-54(44)49(59)47(33(3)4)52-50(60)61-9;1-38(2,3)30-16-18-31(19-17-30)41-34(28-12-8-26(9-13-28)24-36(42)32-6-4-22-39-32)20-21-35(41)29-14-10-27(11-15-29)25-37(43)33-7-5-23-40-33/h14-25,32-34,41-44,47H,10-13,26-31H2,1-9H3,(H,52,60);8-19,32-35,39-40H,4-7,20-25H2,1-3H3/t34-,41?,42?,43-,44-,47-;32-,33-,34?,35?/m00/s1. The van der Waals surface area contributed by atoms with E-state index >= 15 is 0 Å². The molecule has 6 fully saturated rings. The lowest BCUT2D eigenvalue weighted by molar-refractivity contribution is -0.141. The molecule has 12 rings (SSSR count). The third kappa shape index (κ3) is 18.3. The lowest BCUT2D eigenvalue weighted by Crippen LogP contribution is -2.53. The Balaban J connectivity index is 0.000000221. The van der Waals surface area contributed by atoms with Gasteiger partial charge in [-0.15, -0.1) is 0 Å². The Morgan fingerprint density at radius 1 is 0.413 bits per heavy atom. The van der Waals surface area contributed by atoms with Gasteiger partial charge < -0.3 is 40.3 Å². The highest BCUT2D eigenvalue weighted by Crippen LogP contribution is 2.49. The van der Waals surface area contributed by atoms with Gasteiger partial charge in [0.15, 0.2) is 23.1 Å². The number of ketones is 4. The Morgan fingerprint density at radius 3 is 1.03 bits per heavy atom. The third-order valence-electron chi connectivity index (χ3n) is 23.3. The van der Waals surface area contributed by atoms with Gasteiger partial charge in [-0.25, -0.2) is 4.79 Å². The summed E-state index contributed by atoms with van der Waals surface area (Å²) in [6, 6.07) is 51.6. The first-order chi connectivity index (χ1) is 49.7. The fraction of sp³-hybridized carbons (Fsp3) is 0.517.